The van der Waals surface area contributed by atoms with Crippen LogP contribution in [0.2, 0.25) is 0 Å². The van der Waals surface area contributed by atoms with Crippen molar-refractivity contribution < 1.29 is 0 Å². The zero-order chi connectivity index (χ0) is 12.6. The van der Waals surface area contributed by atoms with E-state index in [4.69, 9.17) is 5.26 Å². The van der Waals surface area contributed by atoms with Crippen molar-refractivity contribution in [3.8, 4) is 6.07 Å². The fraction of sp³-hybridized carbons (Fsp3) is 0.417. The SMILES string of the molecule is Cc1nc(S[C@@H](C)C#N)c2c(C)c(C)sc2n1. The Bertz CT molecular complexity index is 610. The number of hydrogen-bond acceptors (Lipinski definition) is 5. The summed E-state index contributed by atoms with van der Waals surface area (Å²) in [5.41, 5.74) is 1.23. The predicted octanol–water partition coefficient (Wildman–Crippen LogP) is 3.62. The first kappa shape index (κ1) is 12.3. The van der Waals surface area contributed by atoms with Gasteiger partial charge < -0.3 is 0 Å². The second-order valence-corrected chi connectivity index (χ2v) is 6.46. The fourth-order valence-corrected chi connectivity index (χ4v) is 3.67. The van der Waals surface area contributed by atoms with Crippen molar-refractivity contribution in [2.75, 3.05) is 0 Å². The minimum absolute atomic E-state index is 0.0906. The van der Waals surface area contributed by atoms with Gasteiger partial charge in [-0.3, -0.25) is 0 Å². The number of aryl methyl sites for hydroxylation is 3. The van der Waals surface area contributed by atoms with Gasteiger partial charge in [0, 0.05) is 10.3 Å². The van der Waals surface area contributed by atoms with Gasteiger partial charge >= 0.3 is 0 Å². The molecule has 2 rings (SSSR count). The Morgan fingerprint density at radius 3 is 2.65 bits per heavy atom. The number of thioether (sulfide) groups is 1. The molecule has 0 saturated heterocycles. The smallest absolute Gasteiger partial charge is 0.128 e. The molecule has 0 fully saturated rings. The highest BCUT2D eigenvalue weighted by molar-refractivity contribution is 8.00. The van der Waals surface area contributed by atoms with Gasteiger partial charge in [0.2, 0.25) is 0 Å². The quantitative estimate of drug-likeness (QED) is 0.613. The number of thiophene rings is 1. The fourth-order valence-electron chi connectivity index (χ4n) is 1.59. The summed E-state index contributed by atoms with van der Waals surface area (Å²) in [6.45, 7) is 7.97. The Labute approximate surface area is 109 Å². The topological polar surface area (TPSA) is 49.6 Å². The number of nitriles is 1. The van der Waals surface area contributed by atoms with Crippen molar-refractivity contribution >= 4 is 33.3 Å². The van der Waals surface area contributed by atoms with Crippen LogP contribution in [0.1, 0.15) is 23.2 Å². The molecule has 2 heterocycles. The summed E-state index contributed by atoms with van der Waals surface area (Å²) in [5.74, 6) is 0.770. The van der Waals surface area contributed by atoms with Crippen molar-refractivity contribution in [3.05, 3.63) is 16.3 Å². The lowest BCUT2D eigenvalue weighted by Crippen LogP contribution is -1.96. The lowest BCUT2D eigenvalue weighted by molar-refractivity contribution is 1.01. The molecule has 0 bridgehead atoms. The van der Waals surface area contributed by atoms with Crippen LogP contribution in [0.15, 0.2) is 5.03 Å². The molecule has 0 radical (unpaired) electrons. The molecule has 0 aliphatic rings. The second-order valence-electron chi connectivity index (χ2n) is 3.93. The molecule has 2 aromatic rings. The third kappa shape index (κ3) is 2.28. The second kappa shape index (κ2) is 4.63. The highest BCUT2D eigenvalue weighted by Crippen LogP contribution is 2.36. The van der Waals surface area contributed by atoms with E-state index in [1.165, 1.54) is 22.2 Å². The summed E-state index contributed by atoms with van der Waals surface area (Å²) in [5, 5.41) is 10.9. The first-order valence-electron chi connectivity index (χ1n) is 5.33. The number of rotatable bonds is 2. The van der Waals surface area contributed by atoms with E-state index in [-0.39, 0.29) is 5.25 Å². The van der Waals surface area contributed by atoms with Gasteiger partial charge in [0.25, 0.3) is 0 Å². The highest BCUT2D eigenvalue weighted by atomic mass is 32.2. The van der Waals surface area contributed by atoms with Gasteiger partial charge in [-0.25, -0.2) is 9.97 Å². The standard InChI is InChI=1S/C12H13N3S2/c1-6(5-13)16-11-10-7(2)8(3)17-12(10)15-9(4)14-11/h6H,1-4H3/t6-/m0/s1. The van der Waals surface area contributed by atoms with Crippen LogP contribution < -0.4 is 0 Å². The third-order valence-electron chi connectivity index (χ3n) is 2.58. The van der Waals surface area contributed by atoms with Crippen LogP contribution >= 0.6 is 23.1 Å². The third-order valence-corrected chi connectivity index (χ3v) is 4.66. The molecule has 0 aliphatic carbocycles. The van der Waals surface area contributed by atoms with E-state index < -0.39 is 0 Å². The Kier molecular flexibility index (Phi) is 3.36. The van der Waals surface area contributed by atoms with Crippen LogP contribution in [0.25, 0.3) is 10.2 Å². The first-order valence-corrected chi connectivity index (χ1v) is 7.03. The Morgan fingerprint density at radius 2 is 2.00 bits per heavy atom. The van der Waals surface area contributed by atoms with Gasteiger partial charge in [0.1, 0.15) is 15.7 Å². The molecule has 0 aromatic carbocycles. The maximum atomic E-state index is 8.90. The van der Waals surface area contributed by atoms with Gasteiger partial charge in [-0.05, 0) is 33.3 Å². The van der Waals surface area contributed by atoms with E-state index in [0.717, 1.165) is 21.1 Å². The van der Waals surface area contributed by atoms with E-state index in [1.54, 1.807) is 11.3 Å². The van der Waals surface area contributed by atoms with Crippen LogP contribution in [0, 0.1) is 32.1 Å². The highest BCUT2D eigenvalue weighted by Gasteiger charge is 2.15. The molecular formula is C12H13N3S2. The molecule has 1 atom stereocenters. The monoisotopic (exact) mass is 263 g/mol. The van der Waals surface area contributed by atoms with Gasteiger partial charge in [-0.15, -0.1) is 11.3 Å². The molecule has 17 heavy (non-hydrogen) atoms. The number of aromatic nitrogens is 2. The maximum Gasteiger partial charge on any atom is 0.128 e. The predicted molar refractivity (Wildman–Crippen MR) is 72.6 cm³/mol. The molecule has 0 unspecified atom stereocenters. The van der Waals surface area contributed by atoms with Crippen molar-refractivity contribution in [3.63, 3.8) is 0 Å². The van der Waals surface area contributed by atoms with Gasteiger partial charge in [0.05, 0.1) is 11.3 Å². The molecule has 0 amide bonds. The summed E-state index contributed by atoms with van der Waals surface area (Å²) in [4.78, 5) is 11.2. The van der Waals surface area contributed by atoms with E-state index in [0.29, 0.717) is 0 Å². The molecule has 0 aliphatic heterocycles. The summed E-state index contributed by atoms with van der Waals surface area (Å²) in [6, 6.07) is 2.23. The lowest BCUT2D eigenvalue weighted by Gasteiger charge is -2.05. The molecule has 5 heteroatoms. The maximum absolute atomic E-state index is 8.90. The zero-order valence-electron chi connectivity index (χ0n) is 10.2. The average molecular weight is 263 g/mol. The van der Waals surface area contributed by atoms with E-state index in [9.17, 15) is 0 Å². The molecular weight excluding hydrogens is 250 g/mol. The van der Waals surface area contributed by atoms with Crippen molar-refractivity contribution in [2.45, 2.75) is 38.0 Å². The molecule has 0 saturated carbocycles. The lowest BCUT2D eigenvalue weighted by atomic mass is 10.2. The number of fused-ring (bicyclic) bond motifs is 1. The van der Waals surface area contributed by atoms with Gasteiger partial charge in [-0.1, -0.05) is 11.8 Å². The summed E-state index contributed by atoms with van der Waals surface area (Å²) in [7, 11) is 0. The minimum Gasteiger partial charge on any atom is -0.226 e. The van der Waals surface area contributed by atoms with E-state index in [1.807, 2.05) is 13.8 Å². The zero-order valence-corrected chi connectivity index (χ0v) is 11.9. The van der Waals surface area contributed by atoms with Gasteiger partial charge in [-0.2, -0.15) is 5.26 Å². The Hall–Kier alpha value is -1.12. The normalized spacial score (nSPS) is 12.6. The van der Waals surface area contributed by atoms with Crippen LogP contribution in [0.4, 0.5) is 0 Å². The van der Waals surface area contributed by atoms with Crippen molar-refractivity contribution in [1.82, 2.24) is 9.97 Å². The van der Waals surface area contributed by atoms with E-state index in [2.05, 4.69) is 29.9 Å². The van der Waals surface area contributed by atoms with Gasteiger partial charge in [0.15, 0.2) is 0 Å². The van der Waals surface area contributed by atoms with Crippen LogP contribution in [0.3, 0.4) is 0 Å². The van der Waals surface area contributed by atoms with Crippen molar-refractivity contribution in [1.29, 1.82) is 5.26 Å². The first-order chi connectivity index (χ1) is 8.02. The molecule has 88 valence electrons. The summed E-state index contributed by atoms with van der Waals surface area (Å²) < 4.78 is 0. The largest absolute Gasteiger partial charge is 0.226 e. The average Bonchev–Trinajstić information content (AvgIpc) is 2.54. The minimum atomic E-state index is -0.0906. The van der Waals surface area contributed by atoms with Crippen LogP contribution in [-0.2, 0) is 0 Å². The summed E-state index contributed by atoms with van der Waals surface area (Å²) >= 11 is 3.20. The molecule has 0 spiro atoms. The van der Waals surface area contributed by atoms with Crippen LogP contribution in [-0.4, -0.2) is 15.2 Å². The summed E-state index contributed by atoms with van der Waals surface area (Å²) in [6.07, 6.45) is 0. The Morgan fingerprint density at radius 1 is 1.29 bits per heavy atom. The Balaban J connectivity index is 2.64. The van der Waals surface area contributed by atoms with Crippen LogP contribution in [0.5, 0.6) is 0 Å². The number of hydrogen-bond donors (Lipinski definition) is 0. The molecule has 2 aromatic heterocycles. The van der Waals surface area contributed by atoms with Crippen molar-refractivity contribution in [2.24, 2.45) is 0 Å². The number of nitrogens with zero attached hydrogens (tertiary/aromatic N) is 3. The molecule has 0 N–H and O–H groups in total. The van der Waals surface area contributed by atoms with E-state index >= 15 is 0 Å². The molecule has 3 nitrogen and oxygen atoms in total.